The Morgan fingerprint density at radius 3 is 2.17 bits per heavy atom. The molecule has 0 saturated carbocycles. The van der Waals surface area contributed by atoms with Crippen LogP contribution in [0.25, 0.3) is 0 Å². The predicted molar refractivity (Wildman–Crippen MR) is 76.1 cm³/mol. The molecule has 0 aliphatic carbocycles. The van der Waals surface area contributed by atoms with Gasteiger partial charge >= 0.3 is 0 Å². The van der Waals surface area contributed by atoms with E-state index in [0.29, 0.717) is 5.92 Å². The highest BCUT2D eigenvalue weighted by molar-refractivity contribution is 5.46. The first-order chi connectivity index (χ1) is 8.52. The van der Waals surface area contributed by atoms with E-state index in [0.717, 1.165) is 18.0 Å². The van der Waals surface area contributed by atoms with E-state index in [9.17, 15) is 5.11 Å². The molecule has 0 saturated heterocycles. The molecular formula is C15H25NO2. The van der Waals surface area contributed by atoms with Crippen molar-refractivity contribution < 1.29 is 9.84 Å². The molecule has 3 heteroatoms. The second-order valence-corrected chi connectivity index (χ2v) is 5.26. The molecule has 1 unspecified atom stereocenters. The lowest BCUT2D eigenvalue weighted by Crippen LogP contribution is -2.22. The third kappa shape index (κ3) is 4.96. The van der Waals surface area contributed by atoms with Gasteiger partial charge in [-0.3, -0.25) is 0 Å². The third-order valence-electron chi connectivity index (χ3n) is 2.97. The average Bonchev–Trinajstić information content (AvgIpc) is 2.31. The molecule has 0 heterocycles. The summed E-state index contributed by atoms with van der Waals surface area (Å²) in [5.41, 5.74) is 1.06. The lowest BCUT2D eigenvalue weighted by Gasteiger charge is -2.19. The highest BCUT2D eigenvalue weighted by Gasteiger charge is 2.11. The first kappa shape index (κ1) is 14.8. The first-order valence-electron chi connectivity index (χ1n) is 6.64. The van der Waals surface area contributed by atoms with Crippen molar-refractivity contribution in [3.8, 4) is 5.75 Å². The largest absolute Gasteiger partial charge is 0.491 e. The number of aliphatic hydroxyl groups is 1. The van der Waals surface area contributed by atoms with Crippen molar-refractivity contribution in [3.05, 3.63) is 24.3 Å². The van der Waals surface area contributed by atoms with Crippen molar-refractivity contribution in [2.24, 2.45) is 11.8 Å². The Morgan fingerprint density at radius 2 is 1.72 bits per heavy atom. The van der Waals surface area contributed by atoms with Crippen molar-refractivity contribution in [3.63, 3.8) is 0 Å². The number of hydrogen-bond donors (Lipinski definition) is 2. The number of anilines is 1. The van der Waals surface area contributed by atoms with Crippen molar-refractivity contribution in [1.82, 2.24) is 0 Å². The van der Waals surface area contributed by atoms with E-state index in [2.05, 4.69) is 19.2 Å². The fraction of sp³-hybridized carbons (Fsp3) is 0.600. The SMILES string of the molecule is CC(C)Oc1ccc(NCC(CO)C(C)C)cc1. The molecule has 0 aromatic heterocycles. The molecule has 0 bridgehead atoms. The highest BCUT2D eigenvalue weighted by atomic mass is 16.5. The number of aliphatic hydroxyl groups excluding tert-OH is 1. The van der Waals surface area contributed by atoms with Gasteiger partial charge in [-0.1, -0.05) is 13.8 Å². The smallest absolute Gasteiger partial charge is 0.119 e. The van der Waals surface area contributed by atoms with Gasteiger partial charge < -0.3 is 15.2 Å². The van der Waals surface area contributed by atoms with Gasteiger partial charge in [0, 0.05) is 24.8 Å². The Morgan fingerprint density at radius 1 is 1.11 bits per heavy atom. The van der Waals surface area contributed by atoms with Crippen LogP contribution in [0, 0.1) is 11.8 Å². The molecule has 1 aromatic rings. The van der Waals surface area contributed by atoms with Gasteiger partial charge in [0.2, 0.25) is 0 Å². The van der Waals surface area contributed by atoms with Crippen LogP contribution in [0.4, 0.5) is 5.69 Å². The summed E-state index contributed by atoms with van der Waals surface area (Å²) in [6, 6.07) is 7.94. The van der Waals surface area contributed by atoms with Gasteiger partial charge in [-0.05, 0) is 44.0 Å². The van der Waals surface area contributed by atoms with E-state index in [-0.39, 0.29) is 18.6 Å². The zero-order valence-electron chi connectivity index (χ0n) is 11.8. The fourth-order valence-electron chi connectivity index (χ4n) is 1.68. The lowest BCUT2D eigenvalue weighted by atomic mass is 9.97. The zero-order chi connectivity index (χ0) is 13.5. The van der Waals surface area contributed by atoms with Gasteiger partial charge in [0.05, 0.1) is 6.10 Å². The third-order valence-corrected chi connectivity index (χ3v) is 2.97. The Bertz CT molecular complexity index is 333. The summed E-state index contributed by atoms with van der Waals surface area (Å²) in [6.07, 6.45) is 0.198. The molecule has 18 heavy (non-hydrogen) atoms. The fourth-order valence-corrected chi connectivity index (χ4v) is 1.68. The van der Waals surface area contributed by atoms with E-state index in [1.54, 1.807) is 0 Å². The molecular weight excluding hydrogens is 226 g/mol. The maximum absolute atomic E-state index is 9.26. The van der Waals surface area contributed by atoms with Crippen LogP contribution in [-0.2, 0) is 0 Å². The molecule has 0 amide bonds. The van der Waals surface area contributed by atoms with Crippen molar-refractivity contribution in [2.45, 2.75) is 33.8 Å². The minimum atomic E-state index is 0.198. The van der Waals surface area contributed by atoms with Gasteiger partial charge in [0.15, 0.2) is 0 Å². The van der Waals surface area contributed by atoms with Crippen LogP contribution in [0.5, 0.6) is 5.75 Å². The molecule has 0 spiro atoms. The van der Waals surface area contributed by atoms with Gasteiger partial charge in [-0.25, -0.2) is 0 Å². The minimum absolute atomic E-state index is 0.198. The van der Waals surface area contributed by atoms with Crippen LogP contribution < -0.4 is 10.1 Å². The van der Waals surface area contributed by atoms with Gasteiger partial charge in [-0.2, -0.15) is 0 Å². The molecule has 1 atom stereocenters. The summed E-state index contributed by atoms with van der Waals surface area (Å²) < 4.78 is 5.59. The summed E-state index contributed by atoms with van der Waals surface area (Å²) in [7, 11) is 0. The Labute approximate surface area is 110 Å². The van der Waals surface area contributed by atoms with E-state index < -0.39 is 0 Å². The Hall–Kier alpha value is -1.22. The van der Waals surface area contributed by atoms with E-state index in [1.165, 1.54) is 0 Å². The number of nitrogens with one attached hydrogen (secondary N) is 1. The number of rotatable bonds is 7. The molecule has 2 N–H and O–H groups in total. The van der Waals surface area contributed by atoms with E-state index in [1.807, 2.05) is 38.1 Å². The van der Waals surface area contributed by atoms with Crippen LogP contribution >= 0.6 is 0 Å². The molecule has 0 aliphatic heterocycles. The Kier molecular flexibility index (Phi) is 5.99. The van der Waals surface area contributed by atoms with Gasteiger partial charge in [0.25, 0.3) is 0 Å². The molecule has 1 aromatic carbocycles. The molecule has 1 rings (SSSR count). The van der Waals surface area contributed by atoms with Crippen LogP contribution in [0.3, 0.4) is 0 Å². The second-order valence-electron chi connectivity index (χ2n) is 5.26. The lowest BCUT2D eigenvalue weighted by molar-refractivity contribution is 0.198. The summed E-state index contributed by atoms with van der Waals surface area (Å²) in [5.74, 6) is 1.65. The summed E-state index contributed by atoms with van der Waals surface area (Å²) in [5, 5.41) is 12.6. The first-order valence-corrected chi connectivity index (χ1v) is 6.64. The minimum Gasteiger partial charge on any atom is -0.491 e. The molecule has 0 radical (unpaired) electrons. The molecule has 0 aliphatic rings. The molecule has 3 nitrogen and oxygen atoms in total. The predicted octanol–water partition coefficient (Wildman–Crippen LogP) is 3.15. The van der Waals surface area contributed by atoms with Crippen LogP contribution in [0.2, 0.25) is 0 Å². The summed E-state index contributed by atoms with van der Waals surface area (Å²) in [6.45, 7) is 9.29. The maximum atomic E-state index is 9.26. The Balaban J connectivity index is 2.48. The molecule has 102 valence electrons. The maximum Gasteiger partial charge on any atom is 0.119 e. The summed E-state index contributed by atoms with van der Waals surface area (Å²) >= 11 is 0. The van der Waals surface area contributed by atoms with Gasteiger partial charge in [0.1, 0.15) is 5.75 Å². The number of benzene rings is 1. The van der Waals surface area contributed by atoms with Crippen molar-refractivity contribution in [2.75, 3.05) is 18.5 Å². The monoisotopic (exact) mass is 251 g/mol. The van der Waals surface area contributed by atoms with Crippen LogP contribution in [-0.4, -0.2) is 24.4 Å². The van der Waals surface area contributed by atoms with Crippen molar-refractivity contribution >= 4 is 5.69 Å². The molecule has 0 fully saturated rings. The van der Waals surface area contributed by atoms with Crippen LogP contribution in [0.1, 0.15) is 27.7 Å². The van der Waals surface area contributed by atoms with Gasteiger partial charge in [-0.15, -0.1) is 0 Å². The van der Waals surface area contributed by atoms with E-state index >= 15 is 0 Å². The standard InChI is InChI=1S/C15H25NO2/c1-11(2)13(10-17)9-16-14-5-7-15(8-6-14)18-12(3)4/h5-8,11-13,16-17H,9-10H2,1-4H3. The topological polar surface area (TPSA) is 41.5 Å². The zero-order valence-corrected chi connectivity index (χ0v) is 11.8. The summed E-state index contributed by atoms with van der Waals surface area (Å²) in [4.78, 5) is 0. The number of ether oxygens (including phenoxy) is 1. The number of hydrogen-bond acceptors (Lipinski definition) is 3. The van der Waals surface area contributed by atoms with E-state index in [4.69, 9.17) is 4.74 Å². The average molecular weight is 251 g/mol. The second kappa shape index (κ2) is 7.27. The quantitative estimate of drug-likeness (QED) is 0.782. The highest BCUT2D eigenvalue weighted by Crippen LogP contribution is 2.18. The normalized spacial score (nSPS) is 12.8. The van der Waals surface area contributed by atoms with Crippen LogP contribution in [0.15, 0.2) is 24.3 Å². The van der Waals surface area contributed by atoms with Crippen molar-refractivity contribution in [1.29, 1.82) is 0 Å².